The van der Waals surface area contributed by atoms with Crippen molar-refractivity contribution in [2.75, 3.05) is 0 Å². The Balaban J connectivity index is 2.82. The first kappa shape index (κ1) is 9.79. The Bertz CT molecular complexity index is 301. The molecule has 0 aliphatic heterocycles. The minimum absolute atomic E-state index is 0.944. The summed E-state index contributed by atoms with van der Waals surface area (Å²) in [5, 5.41) is 0. The van der Waals surface area contributed by atoms with Crippen LogP contribution in [0.1, 0.15) is 24.5 Å². The van der Waals surface area contributed by atoms with Crippen LogP contribution < -0.4 is 0 Å². The van der Waals surface area contributed by atoms with Crippen molar-refractivity contribution in [2.24, 2.45) is 0 Å². The van der Waals surface area contributed by atoms with Crippen LogP contribution in [0.4, 0.5) is 0 Å². The number of allylic oxidation sites excluding steroid dienone is 3. The first-order valence-electron chi connectivity index (χ1n) is 4.58. The second kappa shape index (κ2) is 4.66. The quantitative estimate of drug-likeness (QED) is 0.605. The normalized spacial score (nSPS) is 11.4. The lowest BCUT2D eigenvalue weighted by Gasteiger charge is -2.01. The Hall–Kier alpha value is -1.30. The number of benzene rings is 1. The molecule has 0 spiro atoms. The molecule has 0 saturated carbocycles. The van der Waals surface area contributed by atoms with Crippen LogP contribution in [0.25, 0.3) is 5.57 Å². The Labute approximate surface area is 80.6 Å². The summed E-state index contributed by atoms with van der Waals surface area (Å²) in [5.41, 5.74) is 3.92. The van der Waals surface area contributed by atoms with Crippen molar-refractivity contribution in [2.45, 2.75) is 20.3 Å². The van der Waals surface area contributed by atoms with E-state index in [1.165, 1.54) is 16.7 Å². The molecular formula is C13H16. The van der Waals surface area contributed by atoms with Gasteiger partial charge in [0.15, 0.2) is 0 Å². The van der Waals surface area contributed by atoms with Crippen LogP contribution in [-0.4, -0.2) is 0 Å². The van der Waals surface area contributed by atoms with Crippen molar-refractivity contribution in [3.63, 3.8) is 0 Å². The maximum atomic E-state index is 3.70. The van der Waals surface area contributed by atoms with E-state index in [0.717, 1.165) is 6.42 Å². The van der Waals surface area contributed by atoms with Crippen molar-refractivity contribution in [1.29, 1.82) is 0 Å². The molecule has 0 heteroatoms. The third-order valence-corrected chi connectivity index (χ3v) is 2.10. The molecule has 0 heterocycles. The lowest BCUT2D eigenvalue weighted by molar-refractivity contribution is 1.38. The molecule has 1 rings (SSSR count). The SMILES string of the molecule is C=CC/C=C(/C)c1ccc(C)cc1. The molecule has 0 amide bonds. The number of aryl methyl sites for hydroxylation is 1. The number of rotatable bonds is 3. The summed E-state index contributed by atoms with van der Waals surface area (Å²) in [5.74, 6) is 0. The average Bonchev–Trinajstić information content (AvgIpc) is 2.15. The van der Waals surface area contributed by atoms with Gasteiger partial charge in [0.25, 0.3) is 0 Å². The van der Waals surface area contributed by atoms with Crippen molar-refractivity contribution >= 4 is 5.57 Å². The molecule has 1 aromatic rings. The topological polar surface area (TPSA) is 0 Å². The lowest BCUT2D eigenvalue weighted by Crippen LogP contribution is -1.79. The second-order valence-corrected chi connectivity index (χ2v) is 3.28. The summed E-state index contributed by atoms with van der Waals surface area (Å²) in [6.07, 6.45) is 5.05. The van der Waals surface area contributed by atoms with Gasteiger partial charge in [-0.15, -0.1) is 6.58 Å². The molecule has 0 aromatic heterocycles. The fraction of sp³-hybridized carbons (Fsp3) is 0.231. The van der Waals surface area contributed by atoms with E-state index in [0.29, 0.717) is 0 Å². The van der Waals surface area contributed by atoms with E-state index < -0.39 is 0 Å². The largest absolute Gasteiger partial charge is 0.103 e. The number of hydrogen-bond acceptors (Lipinski definition) is 0. The van der Waals surface area contributed by atoms with Gasteiger partial charge in [-0.05, 0) is 31.4 Å². The summed E-state index contributed by atoms with van der Waals surface area (Å²) in [4.78, 5) is 0. The van der Waals surface area contributed by atoms with Crippen molar-refractivity contribution < 1.29 is 0 Å². The highest BCUT2D eigenvalue weighted by molar-refractivity contribution is 5.63. The standard InChI is InChI=1S/C13H16/c1-4-5-6-12(3)13-9-7-11(2)8-10-13/h4,6-10H,1,5H2,2-3H3/b12-6-. The second-order valence-electron chi connectivity index (χ2n) is 3.28. The summed E-state index contributed by atoms with van der Waals surface area (Å²) >= 11 is 0. The van der Waals surface area contributed by atoms with Gasteiger partial charge in [0.2, 0.25) is 0 Å². The molecule has 0 bridgehead atoms. The zero-order valence-electron chi connectivity index (χ0n) is 8.38. The van der Waals surface area contributed by atoms with E-state index in [4.69, 9.17) is 0 Å². The van der Waals surface area contributed by atoms with E-state index in [-0.39, 0.29) is 0 Å². The van der Waals surface area contributed by atoms with E-state index in [2.05, 4.69) is 50.8 Å². The van der Waals surface area contributed by atoms with Crippen molar-refractivity contribution in [3.8, 4) is 0 Å². The van der Waals surface area contributed by atoms with Crippen LogP contribution in [0.5, 0.6) is 0 Å². The fourth-order valence-electron chi connectivity index (χ4n) is 1.19. The van der Waals surface area contributed by atoms with Gasteiger partial charge < -0.3 is 0 Å². The molecule has 68 valence electrons. The van der Waals surface area contributed by atoms with Crippen LogP contribution in [0.15, 0.2) is 43.0 Å². The van der Waals surface area contributed by atoms with Gasteiger partial charge in [-0.1, -0.05) is 42.0 Å². The molecule has 0 fully saturated rings. The van der Waals surface area contributed by atoms with E-state index in [9.17, 15) is 0 Å². The fourth-order valence-corrected chi connectivity index (χ4v) is 1.19. The van der Waals surface area contributed by atoms with Gasteiger partial charge in [0, 0.05) is 0 Å². The molecule has 13 heavy (non-hydrogen) atoms. The van der Waals surface area contributed by atoms with Crippen LogP contribution in [-0.2, 0) is 0 Å². The summed E-state index contributed by atoms with van der Waals surface area (Å²) in [6, 6.07) is 8.59. The van der Waals surface area contributed by atoms with Crippen LogP contribution >= 0.6 is 0 Å². The van der Waals surface area contributed by atoms with Gasteiger partial charge in [0.05, 0.1) is 0 Å². The molecule has 0 N–H and O–H groups in total. The smallest absolute Gasteiger partial charge is 0.0166 e. The van der Waals surface area contributed by atoms with Crippen LogP contribution in [0.3, 0.4) is 0 Å². The summed E-state index contributed by atoms with van der Waals surface area (Å²) in [7, 11) is 0. The van der Waals surface area contributed by atoms with E-state index in [1.54, 1.807) is 0 Å². The molecular weight excluding hydrogens is 156 g/mol. The average molecular weight is 172 g/mol. The van der Waals surface area contributed by atoms with Crippen LogP contribution in [0.2, 0.25) is 0 Å². The molecule has 0 unspecified atom stereocenters. The predicted molar refractivity (Wildman–Crippen MR) is 59.6 cm³/mol. The lowest BCUT2D eigenvalue weighted by atomic mass is 10.1. The minimum Gasteiger partial charge on any atom is -0.103 e. The van der Waals surface area contributed by atoms with Crippen molar-refractivity contribution in [3.05, 3.63) is 54.1 Å². The predicted octanol–water partition coefficient (Wildman–Crippen LogP) is 3.97. The summed E-state index contributed by atoms with van der Waals surface area (Å²) < 4.78 is 0. The van der Waals surface area contributed by atoms with Gasteiger partial charge in [-0.3, -0.25) is 0 Å². The van der Waals surface area contributed by atoms with Gasteiger partial charge in [-0.25, -0.2) is 0 Å². The van der Waals surface area contributed by atoms with E-state index >= 15 is 0 Å². The highest BCUT2D eigenvalue weighted by Crippen LogP contribution is 2.14. The third-order valence-electron chi connectivity index (χ3n) is 2.10. The highest BCUT2D eigenvalue weighted by Gasteiger charge is 1.92. The van der Waals surface area contributed by atoms with Gasteiger partial charge in [0.1, 0.15) is 0 Å². The zero-order chi connectivity index (χ0) is 9.68. The minimum atomic E-state index is 0.944. The molecule has 0 aliphatic carbocycles. The Kier molecular flexibility index (Phi) is 3.51. The molecule has 0 radical (unpaired) electrons. The monoisotopic (exact) mass is 172 g/mol. The maximum absolute atomic E-state index is 3.70. The molecule has 0 aliphatic rings. The Morgan fingerprint density at radius 3 is 2.46 bits per heavy atom. The third kappa shape index (κ3) is 2.90. The zero-order valence-corrected chi connectivity index (χ0v) is 8.38. The molecule has 0 saturated heterocycles. The molecule has 0 atom stereocenters. The maximum Gasteiger partial charge on any atom is -0.0166 e. The Morgan fingerprint density at radius 2 is 1.92 bits per heavy atom. The van der Waals surface area contributed by atoms with Crippen LogP contribution in [0, 0.1) is 6.92 Å². The highest BCUT2D eigenvalue weighted by atomic mass is 14.0. The van der Waals surface area contributed by atoms with E-state index in [1.807, 2.05) is 6.08 Å². The first-order valence-corrected chi connectivity index (χ1v) is 4.58. The van der Waals surface area contributed by atoms with Gasteiger partial charge in [-0.2, -0.15) is 0 Å². The number of hydrogen-bond donors (Lipinski definition) is 0. The molecule has 1 aromatic carbocycles. The first-order chi connectivity index (χ1) is 6.24. The molecule has 0 nitrogen and oxygen atoms in total. The van der Waals surface area contributed by atoms with Crippen molar-refractivity contribution in [1.82, 2.24) is 0 Å². The summed E-state index contributed by atoms with van der Waals surface area (Å²) in [6.45, 7) is 7.93. The van der Waals surface area contributed by atoms with Gasteiger partial charge >= 0.3 is 0 Å². The Morgan fingerprint density at radius 1 is 1.31 bits per heavy atom.